The largest absolute Gasteiger partial charge is 0.497 e. The molecule has 1 aromatic heterocycles. The molecule has 0 aliphatic heterocycles. The van der Waals surface area contributed by atoms with Gasteiger partial charge in [0.15, 0.2) is 5.82 Å². The average Bonchev–Trinajstić information content (AvgIpc) is 3.03. The first-order valence-corrected chi connectivity index (χ1v) is 9.31. The van der Waals surface area contributed by atoms with Crippen LogP contribution in [0.15, 0.2) is 48.5 Å². The molecule has 2 aromatic carbocycles. The van der Waals surface area contributed by atoms with E-state index in [2.05, 4.69) is 34.3 Å². The molecule has 6 nitrogen and oxygen atoms in total. The van der Waals surface area contributed by atoms with Gasteiger partial charge in [-0.25, -0.2) is 4.98 Å². The number of aromatic nitrogens is 3. The molecule has 6 heteroatoms. The molecule has 2 N–H and O–H groups in total. The molecule has 0 bridgehead atoms. The standard InChI is InChI=1S/C22H24N4O2/c1-14-23-19(26-25-14)15-6-5-7-17(12-15)24-20(27)22(13-21(22,2)3)16-8-10-18(28-4)11-9-16/h5-12H,13H2,1-4H3,(H,24,27)(H,23,25,26). The Kier molecular flexibility index (Phi) is 4.22. The van der Waals surface area contributed by atoms with Crippen LogP contribution in [0.1, 0.15) is 31.7 Å². The molecule has 1 heterocycles. The summed E-state index contributed by atoms with van der Waals surface area (Å²) < 4.78 is 5.25. The van der Waals surface area contributed by atoms with E-state index in [4.69, 9.17) is 4.74 Å². The summed E-state index contributed by atoms with van der Waals surface area (Å²) in [4.78, 5) is 17.7. The van der Waals surface area contributed by atoms with Gasteiger partial charge >= 0.3 is 0 Å². The number of rotatable bonds is 5. The van der Waals surface area contributed by atoms with Crippen LogP contribution in [0, 0.1) is 12.3 Å². The van der Waals surface area contributed by atoms with Gasteiger partial charge in [0, 0.05) is 11.3 Å². The van der Waals surface area contributed by atoms with Crippen molar-refractivity contribution in [2.75, 3.05) is 12.4 Å². The minimum atomic E-state index is -0.545. The van der Waals surface area contributed by atoms with E-state index in [0.717, 1.165) is 34.8 Å². The van der Waals surface area contributed by atoms with E-state index < -0.39 is 5.41 Å². The van der Waals surface area contributed by atoms with Gasteiger partial charge in [0.2, 0.25) is 5.91 Å². The number of H-pyrrole nitrogens is 1. The van der Waals surface area contributed by atoms with E-state index in [0.29, 0.717) is 5.82 Å². The molecular weight excluding hydrogens is 352 g/mol. The first-order chi connectivity index (χ1) is 13.4. The summed E-state index contributed by atoms with van der Waals surface area (Å²) in [6, 6.07) is 15.4. The molecule has 1 atom stereocenters. The van der Waals surface area contributed by atoms with Crippen LogP contribution in [0.2, 0.25) is 0 Å². The SMILES string of the molecule is COc1ccc(C2(C(=O)Nc3cccc(-c4n[nH]c(C)n4)c3)CC2(C)C)cc1. The molecular formula is C22H24N4O2. The molecule has 3 aromatic rings. The van der Waals surface area contributed by atoms with Crippen molar-refractivity contribution in [3.8, 4) is 17.1 Å². The summed E-state index contributed by atoms with van der Waals surface area (Å²) in [5.41, 5.74) is 1.95. The number of hydrogen-bond donors (Lipinski definition) is 2. The Balaban J connectivity index is 1.61. The fourth-order valence-electron chi connectivity index (χ4n) is 3.95. The predicted molar refractivity (Wildman–Crippen MR) is 108 cm³/mol. The minimum Gasteiger partial charge on any atom is -0.497 e. The third kappa shape index (κ3) is 2.95. The molecule has 28 heavy (non-hydrogen) atoms. The fraction of sp³-hybridized carbons (Fsp3) is 0.318. The van der Waals surface area contributed by atoms with Gasteiger partial charge in [0.25, 0.3) is 0 Å². The molecule has 1 aliphatic carbocycles. The van der Waals surface area contributed by atoms with Crippen LogP contribution in [0.3, 0.4) is 0 Å². The summed E-state index contributed by atoms with van der Waals surface area (Å²) in [5.74, 6) is 2.16. The van der Waals surface area contributed by atoms with E-state index >= 15 is 0 Å². The lowest BCUT2D eigenvalue weighted by Crippen LogP contribution is -2.32. The predicted octanol–water partition coefficient (Wildman–Crippen LogP) is 4.10. The van der Waals surface area contributed by atoms with Crippen molar-refractivity contribution in [1.29, 1.82) is 0 Å². The highest BCUT2D eigenvalue weighted by molar-refractivity contribution is 6.03. The summed E-state index contributed by atoms with van der Waals surface area (Å²) in [5, 5.41) is 10.1. The number of anilines is 1. The Morgan fingerprint density at radius 3 is 2.46 bits per heavy atom. The van der Waals surface area contributed by atoms with Gasteiger partial charge in [-0.1, -0.05) is 38.1 Å². The lowest BCUT2D eigenvalue weighted by molar-refractivity contribution is -0.119. The second-order valence-corrected chi connectivity index (χ2v) is 7.97. The van der Waals surface area contributed by atoms with Crippen LogP contribution in [0.4, 0.5) is 5.69 Å². The van der Waals surface area contributed by atoms with Gasteiger partial charge in [-0.3, -0.25) is 9.89 Å². The molecule has 1 aliphatic rings. The van der Waals surface area contributed by atoms with E-state index in [1.807, 2.05) is 55.5 Å². The van der Waals surface area contributed by atoms with E-state index in [9.17, 15) is 4.79 Å². The second-order valence-electron chi connectivity index (χ2n) is 7.97. The number of benzene rings is 2. The number of carbonyl (C=O) groups is 1. The molecule has 0 radical (unpaired) electrons. The number of nitrogens with zero attached hydrogens (tertiary/aromatic N) is 2. The van der Waals surface area contributed by atoms with Gasteiger partial charge in [0.1, 0.15) is 11.6 Å². The lowest BCUT2D eigenvalue weighted by Gasteiger charge is -2.21. The normalized spacial score (nSPS) is 19.9. The van der Waals surface area contributed by atoms with Crippen LogP contribution >= 0.6 is 0 Å². The van der Waals surface area contributed by atoms with E-state index in [1.165, 1.54) is 0 Å². The number of nitrogens with one attached hydrogen (secondary N) is 2. The van der Waals surface area contributed by atoms with Crippen LogP contribution < -0.4 is 10.1 Å². The molecule has 4 rings (SSSR count). The quantitative estimate of drug-likeness (QED) is 0.703. The van der Waals surface area contributed by atoms with Crippen LogP contribution in [-0.2, 0) is 10.2 Å². The van der Waals surface area contributed by atoms with Gasteiger partial charge in [-0.2, -0.15) is 5.10 Å². The minimum absolute atomic E-state index is 0.00554. The number of ether oxygens (including phenoxy) is 1. The van der Waals surface area contributed by atoms with Crippen molar-refractivity contribution < 1.29 is 9.53 Å². The number of carbonyl (C=O) groups excluding carboxylic acids is 1. The zero-order chi connectivity index (χ0) is 19.9. The monoisotopic (exact) mass is 376 g/mol. The third-order valence-corrected chi connectivity index (χ3v) is 5.68. The van der Waals surface area contributed by atoms with Crippen molar-refractivity contribution in [3.05, 3.63) is 59.9 Å². The molecule has 1 fully saturated rings. The summed E-state index contributed by atoms with van der Waals surface area (Å²) in [6.07, 6.45) is 0.804. The van der Waals surface area contributed by atoms with Crippen molar-refractivity contribution in [2.24, 2.45) is 5.41 Å². The van der Waals surface area contributed by atoms with Crippen LogP contribution in [0.25, 0.3) is 11.4 Å². The second kappa shape index (κ2) is 6.48. The zero-order valence-corrected chi connectivity index (χ0v) is 16.5. The van der Waals surface area contributed by atoms with Crippen LogP contribution in [0.5, 0.6) is 5.75 Å². The van der Waals surface area contributed by atoms with Crippen molar-refractivity contribution in [2.45, 2.75) is 32.6 Å². The van der Waals surface area contributed by atoms with Gasteiger partial charge in [-0.15, -0.1) is 0 Å². The molecule has 144 valence electrons. The average molecular weight is 376 g/mol. The maximum atomic E-state index is 13.3. The lowest BCUT2D eigenvalue weighted by atomic mass is 9.87. The van der Waals surface area contributed by atoms with E-state index in [-0.39, 0.29) is 11.3 Å². The molecule has 1 saturated carbocycles. The summed E-state index contributed by atoms with van der Waals surface area (Å²) in [6.45, 7) is 6.11. The topological polar surface area (TPSA) is 79.9 Å². The third-order valence-electron chi connectivity index (χ3n) is 5.68. The Bertz CT molecular complexity index is 1020. The highest BCUT2D eigenvalue weighted by Crippen LogP contribution is 2.64. The van der Waals surface area contributed by atoms with Crippen molar-refractivity contribution in [3.63, 3.8) is 0 Å². The highest BCUT2D eigenvalue weighted by Gasteiger charge is 2.67. The molecule has 0 spiro atoms. The highest BCUT2D eigenvalue weighted by atomic mass is 16.5. The maximum absolute atomic E-state index is 13.3. The summed E-state index contributed by atoms with van der Waals surface area (Å²) in [7, 11) is 1.64. The Morgan fingerprint density at radius 2 is 1.89 bits per heavy atom. The van der Waals surface area contributed by atoms with Gasteiger partial charge in [-0.05, 0) is 48.6 Å². The number of methoxy groups -OCH3 is 1. The number of hydrogen-bond acceptors (Lipinski definition) is 4. The van der Waals surface area contributed by atoms with Gasteiger partial charge in [0.05, 0.1) is 12.5 Å². The fourth-order valence-corrected chi connectivity index (χ4v) is 3.95. The zero-order valence-electron chi connectivity index (χ0n) is 16.5. The Hall–Kier alpha value is -3.15. The maximum Gasteiger partial charge on any atom is 0.235 e. The Labute approximate surface area is 164 Å². The molecule has 0 saturated heterocycles. The van der Waals surface area contributed by atoms with Gasteiger partial charge < -0.3 is 10.1 Å². The number of aromatic amines is 1. The summed E-state index contributed by atoms with van der Waals surface area (Å²) >= 11 is 0. The number of amides is 1. The smallest absolute Gasteiger partial charge is 0.235 e. The molecule has 1 amide bonds. The van der Waals surface area contributed by atoms with E-state index in [1.54, 1.807) is 7.11 Å². The molecule has 1 unspecified atom stereocenters. The first kappa shape index (κ1) is 18.2. The van der Waals surface area contributed by atoms with Crippen molar-refractivity contribution >= 4 is 11.6 Å². The number of aryl methyl sites for hydroxylation is 1. The van der Waals surface area contributed by atoms with Crippen LogP contribution in [-0.4, -0.2) is 28.2 Å². The van der Waals surface area contributed by atoms with Crippen molar-refractivity contribution in [1.82, 2.24) is 15.2 Å². The Morgan fingerprint density at radius 1 is 1.18 bits per heavy atom. The first-order valence-electron chi connectivity index (χ1n) is 9.31.